The van der Waals surface area contributed by atoms with Crippen LogP contribution in [-0.2, 0) is 19.8 Å². The Morgan fingerprint density at radius 2 is 1.74 bits per heavy atom. The molecule has 0 aliphatic carbocycles. The van der Waals surface area contributed by atoms with Crippen LogP contribution in [0.4, 0.5) is 4.79 Å². The zero-order chi connectivity index (χ0) is 15.3. The standard InChI is InChI=1S/C11H23NO5SSi/c1-11(2,3)17-9(13)12-10(18(14)15)16-7-8-19(4,5)6/h7-8H2,1-6H3,(H,12,13). The number of ether oxygens (including phenoxy) is 2. The van der Waals surface area contributed by atoms with Crippen LogP contribution in [0.25, 0.3) is 0 Å². The normalized spacial score (nSPS) is 11.9. The molecule has 0 rings (SSSR count). The summed E-state index contributed by atoms with van der Waals surface area (Å²) in [7, 11) is -3.95. The van der Waals surface area contributed by atoms with Crippen LogP contribution < -0.4 is 5.32 Å². The van der Waals surface area contributed by atoms with Crippen LogP contribution in [0.2, 0.25) is 25.7 Å². The maximum absolute atomic E-state index is 11.4. The molecule has 112 valence electrons. The summed E-state index contributed by atoms with van der Waals surface area (Å²) in [6.07, 6.45) is -0.847. The zero-order valence-electron chi connectivity index (χ0n) is 12.4. The summed E-state index contributed by atoms with van der Waals surface area (Å²) < 4.78 is 31.9. The average Bonchev–Trinajstić information content (AvgIpc) is 2.10. The van der Waals surface area contributed by atoms with Crippen LogP contribution in [0.5, 0.6) is 0 Å². The summed E-state index contributed by atoms with van der Waals surface area (Å²) in [5, 5.41) is 1.60. The van der Waals surface area contributed by atoms with Gasteiger partial charge in [0.25, 0.3) is 15.5 Å². The van der Waals surface area contributed by atoms with Crippen molar-refractivity contribution in [3.63, 3.8) is 0 Å². The average molecular weight is 309 g/mol. The summed E-state index contributed by atoms with van der Waals surface area (Å²) in [6.45, 7) is 11.8. The van der Waals surface area contributed by atoms with Crippen molar-refractivity contribution in [2.75, 3.05) is 6.61 Å². The third kappa shape index (κ3) is 10.7. The Morgan fingerprint density at radius 3 is 2.11 bits per heavy atom. The number of carbonyl (C=O) groups is 1. The molecular weight excluding hydrogens is 286 g/mol. The number of nitrogens with one attached hydrogen (secondary N) is 1. The van der Waals surface area contributed by atoms with Crippen molar-refractivity contribution in [2.24, 2.45) is 0 Å². The van der Waals surface area contributed by atoms with Crippen molar-refractivity contribution >= 4 is 29.6 Å². The molecule has 0 aromatic heterocycles. The van der Waals surface area contributed by atoms with E-state index in [4.69, 9.17) is 9.47 Å². The largest absolute Gasteiger partial charge is 0.444 e. The molecule has 0 aromatic carbocycles. The number of hydrogen-bond acceptors (Lipinski definition) is 5. The monoisotopic (exact) mass is 309 g/mol. The minimum atomic E-state index is -2.63. The van der Waals surface area contributed by atoms with Gasteiger partial charge >= 0.3 is 6.09 Å². The van der Waals surface area contributed by atoms with Gasteiger partial charge in [0, 0.05) is 8.07 Å². The lowest BCUT2D eigenvalue weighted by molar-refractivity contribution is 0.0551. The maximum Gasteiger partial charge on any atom is 0.414 e. The van der Waals surface area contributed by atoms with E-state index < -0.39 is 35.2 Å². The van der Waals surface area contributed by atoms with Gasteiger partial charge in [-0.3, -0.25) is 5.32 Å². The van der Waals surface area contributed by atoms with Crippen LogP contribution in [0, 0.1) is 0 Å². The molecule has 0 bridgehead atoms. The van der Waals surface area contributed by atoms with E-state index in [-0.39, 0.29) is 6.61 Å². The van der Waals surface area contributed by atoms with Crippen molar-refractivity contribution in [1.82, 2.24) is 5.32 Å². The molecule has 0 radical (unpaired) electrons. The molecule has 0 aromatic rings. The number of alkyl carbamates (subject to hydrolysis) is 1. The van der Waals surface area contributed by atoms with Crippen LogP contribution in [-0.4, -0.2) is 40.0 Å². The molecule has 0 saturated carbocycles. The Kier molecular flexibility index (Phi) is 6.74. The molecule has 8 heteroatoms. The number of carbonyl (C=O) groups excluding carboxylic acids is 1. The minimum absolute atomic E-state index is 0.259. The maximum atomic E-state index is 11.4. The summed E-state index contributed by atoms with van der Waals surface area (Å²) in [5.74, 6) is 0. The van der Waals surface area contributed by atoms with E-state index in [2.05, 4.69) is 25.0 Å². The van der Waals surface area contributed by atoms with E-state index in [1.807, 2.05) is 0 Å². The van der Waals surface area contributed by atoms with Crippen LogP contribution in [0.15, 0.2) is 0 Å². The van der Waals surface area contributed by atoms with Gasteiger partial charge < -0.3 is 9.47 Å². The highest BCUT2D eigenvalue weighted by atomic mass is 32.2. The molecule has 0 fully saturated rings. The van der Waals surface area contributed by atoms with Gasteiger partial charge in [0.2, 0.25) is 0 Å². The van der Waals surface area contributed by atoms with E-state index in [1.165, 1.54) is 0 Å². The fraction of sp³-hybridized carbons (Fsp3) is 0.818. The van der Waals surface area contributed by atoms with E-state index in [9.17, 15) is 13.2 Å². The molecule has 6 nitrogen and oxygen atoms in total. The van der Waals surface area contributed by atoms with Gasteiger partial charge in [0.1, 0.15) is 5.60 Å². The molecule has 1 amide bonds. The fourth-order valence-electron chi connectivity index (χ4n) is 0.963. The van der Waals surface area contributed by atoms with Gasteiger partial charge in [0.15, 0.2) is 0 Å². The second kappa shape index (κ2) is 7.06. The Bertz CT molecular complexity index is 437. The molecule has 0 saturated heterocycles. The smallest absolute Gasteiger partial charge is 0.414 e. The first-order chi connectivity index (χ1) is 8.41. The molecular formula is C11H23NO5SSi. The third-order valence-electron chi connectivity index (χ3n) is 1.84. The van der Waals surface area contributed by atoms with E-state index in [0.717, 1.165) is 6.04 Å². The predicted molar refractivity (Wildman–Crippen MR) is 77.4 cm³/mol. The van der Waals surface area contributed by atoms with Crippen molar-refractivity contribution in [3.05, 3.63) is 0 Å². The van der Waals surface area contributed by atoms with E-state index in [1.54, 1.807) is 20.8 Å². The Labute approximate surface area is 117 Å². The second-order valence-electron chi connectivity index (χ2n) is 6.31. The highest BCUT2D eigenvalue weighted by Gasteiger charge is 2.19. The predicted octanol–water partition coefficient (Wildman–Crippen LogP) is 1.83. The van der Waals surface area contributed by atoms with Crippen LogP contribution in [0.1, 0.15) is 20.8 Å². The molecule has 0 atom stereocenters. The highest BCUT2D eigenvalue weighted by Crippen LogP contribution is 2.08. The lowest BCUT2D eigenvalue weighted by Gasteiger charge is -2.20. The first-order valence-electron chi connectivity index (χ1n) is 6.00. The highest BCUT2D eigenvalue weighted by molar-refractivity contribution is 7.72. The molecule has 19 heavy (non-hydrogen) atoms. The van der Waals surface area contributed by atoms with Gasteiger partial charge in [0.05, 0.1) is 6.61 Å². The first-order valence-corrected chi connectivity index (χ1v) is 10.8. The van der Waals surface area contributed by atoms with Crippen molar-refractivity contribution in [3.8, 4) is 0 Å². The van der Waals surface area contributed by atoms with Gasteiger partial charge in [-0.15, -0.1) is 0 Å². The number of hydrogen-bond donors (Lipinski definition) is 1. The second-order valence-corrected chi connectivity index (χ2v) is 12.8. The fourth-order valence-corrected chi connectivity index (χ4v) is 2.02. The summed E-state index contributed by atoms with van der Waals surface area (Å²) >= 11 is 0. The Balaban J connectivity index is 4.47. The summed E-state index contributed by atoms with van der Waals surface area (Å²) in [4.78, 5) is 11.4. The van der Waals surface area contributed by atoms with Crippen molar-refractivity contribution in [2.45, 2.75) is 52.1 Å². The lowest BCUT2D eigenvalue weighted by Crippen LogP contribution is -2.38. The number of amides is 1. The molecule has 0 spiro atoms. The first kappa shape index (κ1) is 18.1. The lowest BCUT2D eigenvalue weighted by atomic mass is 10.2. The van der Waals surface area contributed by atoms with Gasteiger partial charge in [-0.1, -0.05) is 19.6 Å². The molecule has 0 aliphatic rings. The molecule has 0 aliphatic heterocycles. The molecule has 1 N–H and O–H groups in total. The third-order valence-corrected chi connectivity index (χ3v) is 4.07. The SMILES string of the molecule is CC(C)(C)OC(=O)NC(OCC[Si](C)(C)C)=S(=O)=O. The van der Waals surface area contributed by atoms with Gasteiger partial charge in [-0.25, -0.2) is 4.79 Å². The van der Waals surface area contributed by atoms with Gasteiger partial charge in [-0.05, 0) is 26.8 Å². The minimum Gasteiger partial charge on any atom is -0.444 e. The summed E-state index contributed by atoms with van der Waals surface area (Å²) in [6, 6.07) is 0.795. The van der Waals surface area contributed by atoms with Crippen molar-refractivity contribution < 1.29 is 22.7 Å². The molecule has 0 heterocycles. The van der Waals surface area contributed by atoms with E-state index in [0.29, 0.717) is 0 Å². The quantitative estimate of drug-likeness (QED) is 0.635. The zero-order valence-corrected chi connectivity index (χ0v) is 14.2. The van der Waals surface area contributed by atoms with Crippen molar-refractivity contribution in [1.29, 1.82) is 0 Å². The van der Waals surface area contributed by atoms with Gasteiger partial charge in [-0.2, -0.15) is 8.42 Å². The van der Waals surface area contributed by atoms with E-state index >= 15 is 0 Å². The summed E-state index contributed by atoms with van der Waals surface area (Å²) in [5.41, 5.74) is -0.697. The molecule has 0 unspecified atom stereocenters. The van der Waals surface area contributed by atoms with Crippen LogP contribution >= 0.6 is 0 Å². The topological polar surface area (TPSA) is 81.7 Å². The Hall–Kier alpha value is -0.863. The number of rotatable bonds is 3. The Morgan fingerprint density at radius 1 is 1.21 bits per heavy atom. The van der Waals surface area contributed by atoms with Crippen LogP contribution in [0.3, 0.4) is 0 Å².